The zero-order chi connectivity index (χ0) is 24.9. The van der Waals surface area contributed by atoms with Gasteiger partial charge in [-0.3, -0.25) is 9.78 Å². The number of hydrogen-bond donors (Lipinski definition) is 0. The summed E-state index contributed by atoms with van der Waals surface area (Å²) in [4.78, 5) is 29.8. The number of piperidine rings is 1. The molecular weight excluding hydrogens is 458 g/mol. The normalized spacial score (nSPS) is 16.1. The summed E-state index contributed by atoms with van der Waals surface area (Å²) in [5.74, 6) is 0.610. The molecule has 0 radical (unpaired) electrons. The molecule has 5 nitrogen and oxygen atoms in total. The molecule has 35 heavy (non-hydrogen) atoms. The van der Waals surface area contributed by atoms with Gasteiger partial charge in [0.2, 0.25) is 5.91 Å². The van der Waals surface area contributed by atoms with Crippen molar-refractivity contribution >= 4 is 17.5 Å². The Morgan fingerprint density at radius 1 is 1.06 bits per heavy atom. The molecule has 4 rings (SSSR count). The molecule has 182 valence electrons. The first kappa shape index (κ1) is 25.1. The number of pyridine rings is 1. The number of carbonyl (C=O) groups is 1. The van der Waals surface area contributed by atoms with Crippen molar-refractivity contribution in [3.8, 4) is 0 Å². The van der Waals surface area contributed by atoms with Crippen molar-refractivity contribution in [1.82, 2.24) is 9.88 Å². The summed E-state index contributed by atoms with van der Waals surface area (Å²) < 4.78 is 0. The molecular formula is C29H32ClN3O2. The summed E-state index contributed by atoms with van der Waals surface area (Å²) in [6, 6.07) is 18.1. The van der Waals surface area contributed by atoms with Gasteiger partial charge in [-0.05, 0) is 91.1 Å². The second-order valence-corrected chi connectivity index (χ2v) is 10.0. The molecule has 0 N–H and O–H groups in total. The van der Waals surface area contributed by atoms with Crippen molar-refractivity contribution < 1.29 is 4.79 Å². The van der Waals surface area contributed by atoms with Crippen LogP contribution >= 0.6 is 11.6 Å². The number of rotatable bonds is 7. The fraction of sp³-hybridized carbons (Fsp3) is 0.379. The highest BCUT2D eigenvalue weighted by Gasteiger charge is 2.25. The van der Waals surface area contributed by atoms with Gasteiger partial charge < -0.3 is 4.90 Å². The summed E-state index contributed by atoms with van der Waals surface area (Å²) in [7, 11) is 0. The summed E-state index contributed by atoms with van der Waals surface area (Å²) in [5.41, 5.74) is 6.46. The van der Waals surface area contributed by atoms with Gasteiger partial charge in [0.05, 0.1) is 0 Å². The molecule has 0 saturated carbocycles. The Hall–Kier alpha value is -3.05. The second-order valence-electron chi connectivity index (χ2n) is 9.59. The van der Waals surface area contributed by atoms with Gasteiger partial charge in [0.1, 0.15) is 6.04 Å². The second kappa shape index (κ2) is 11.1. The number of nitrogens with zero attached hydrogens (tertiary/aromatic N) is 3. The van der Waals surface area contributed by atoms with Crippen LogP contribution < -0.4 is 0 Å². The fourth-order valence-corrected chi connectivity index (χ4v) is 5.47. The van der Waals surface area contributed by atoms with Crippen LogP contribution in [0.15, 0.2) is 66.0 Å². The molecule has 1 aromatic heterocycles. The maximum Gasteiger partial charge on any atom is 0.219 e. The van der Waals surface area contributed by atoms with Crippen molar-refractivity contribution in [3.05, 3.63) is 104 Å². The first-order valence-corrected chi connectivity index (χ1v) is 12.6. The first-order valence-electron chi connectivity index (χ1n) is 12.2. The highest BCUT2D eigenvalue weighted by molar-refractivity contribution is 6.30. The Bertz CT molecular complexity index is 1190. The largest absolute Gasteiger partial charge is 0.343 e. The van der Waals surface area contributed by atoms with Gasteiger partial charge in [-0.2, -0.15) is 4.91 Å². The summed E-state index contributed by atoms with van der Waals surface area (Å²) in [6.07, 6.45) is 4.26. The average molecular weight is 490 g/mol. The van der Waals surface area contributed by atoms with Gasteiger partial charge in [-0.1, -0.05) is 47.1 Å². The van der Waals surface area contributed by atoms with Crippen LogP contribution in [0.25, 0.3) is 0 Å². The quantitative estimate of drug-likeness (QED) is 0.332. The molecule has 1 fully saturated rings. The Morgan fingerprint density at radius 3 is 2.37 bits per heavy atom. The molecule has 0 bridgehead atoms. The maximum atomic E-state index is 12.0. The Labute approximate surface area is 212 Å². The van der Waals surface area contributed by atoms with Gasteiger partial charge in [-0.15, -0.1) is 0 Å². The SMILES string of the molecule is CC(=O)N1CCC(c2ccc([C@@H](CC(N=O)c3ccnc(C)c3)c3ccc(Cl)cc3C)cc2)CC1. The molecule has 1 saturated heterocycles. The van der Waals surface area contributed by atoms with Gasteiger partial charge >= 0.3 is 0 Å². The number of aryl methyl sites for hydroxylation is 2. The molecule has 0 spiro atoms. The molecule has 2 heterocycles. The predicted molar refractivity (Wildman–Crippen MR) is 141 cm³/mol. The third-order valence-corrected chi connectivity index (χ3v) is 7.48. The molecule has 1 amide bonds. The minimum atomic E-state index is -0.479. The number of amides is 1. The van der Waals surface area contributed by atoms with Crippen LogP contribution in [-0.2, 0) is 4.79 Å². The fourth-order valence-electron chi connectivity index (χ4n) is 5.24. The zero-order valence-corrected chi connectivity index (χ0v) is 21.3. The van der Waals surface area contributed by atoms with E-state index in [2.05, 4.69) is 47.4 Å². The van der Waals surface area contributed by atoms with E-state index in [1.54, 1.807) is 13.1 Å². The smallest absolute Gasteiger partial charge is 0.219 e. The average Bonchev–Trinajstić information content (AvgIpc) is 2.86. The van der Waals surface area contributed by atoms with Crippen LogP contribution in [0.3, 0.4) is 0 Å². The van der Waals surface area contributed by atoms with Crippen LogP contribution in [0.4, 0.5) is 0 Å². The molecule has 1 unspecified atom stereocenters. The maximum absolute atomic E-state index is 12.0. The highest BCUT2D eigenvalue weighted by atomic mass is 35.5. The van der Waals surface area contributed by atoms with E-state index in [4.69, 9.17) is 11.6 Å². The third kappa shape index (κ3) is 5.96. The van der Waals surface area contributed by atoms with E-state index in [0.29, 0.717) is 17.4 Å². The summed E-state index contributed by atoms with van der Waals surface area (Å²) in [5, 5.41) is 4.21. The number of carbonyl (C=O) groups excluding carboxylic acids is 1. The molecule has 6 heteroatoms. The lowest BCUT2D eigenvalue weighted by molar-refractivity contribution is -0.129. The summed E-state index contributed by atoms with van der Waals surface area (Å²) in [6.45, 7) is 7.25. The van der Waals surface area contributed by atoms with E-state index in [0.717, 1.165) is 53.9 Å². The van der Waals surface area contributed by atoms with Gasteiger partial charge in [0, 0.05) is 42.8 Å². The van der Waals surface area contributed by atoms with E-state index in [1.807, 2.05) is 36.1 Å². The number of hydrogen-bond acceptors (Lipinski definition) is 4. The van der Waals surface area contributed by atoms with E-state index in [-0.39, 0.29) is 11.8 Å². The number of likely N-dealkylation sites (tertiary alicyclic amines) is 1. The third-order valence-electron chi connectivity index (χ3n) is 7.25. The van der Waals surface area contributed by atoms with Crippen LogP contribution in [-0.4, -0.2) is 28.9 Å². The van der Waals surface area contributed by atoms with Crippen molar-refractivity contribution in [2.24, 2.45) is 5.18 Å². The van der Waals surface area contributed by atoms with Gasteiger partial charge in [0.15, 0.2) is 0 Å². The Morgan fingerprint density at radius 2 is 1.77 bits per heavy atom. The minimum Gasteiger partial charge on any atom is -0.343 e. The van der Waals surface area contributed by atoms with E-state index < -0.39 is 6.04 Å². The summed E-state index contributed by atoms with van der Waals surface area (Å²) >= 11 is 6.25. The lowest BCUT2D eigenvalue weighted by Gasteiger charge is -2.31. The lowest BCUT2D eigenvalue weighted by Crippen LogP contribution is -2.36. The number of aromatic nitrogens is 1. The molecule has 1 aliphatic rings. The van der Waals surface area contributed by atoms with Gasteiger partial charge in [0.25, 0.3) is 0 Å². The minimum absolute atomic E-state index is 0.00273. The Balaban J connectivity index is 1.62. The highest BCUT2D eigenvalue weighted by Crippen LogP contribution is 2.39. The molecule has 3 aromatic rings. The van der Waals surface area contributed by atoms with E-state index >= 15 is 0 Å². The van der Waals surface area contributed by atoms with Crippen molar-refractivity contribution in [3.63, 3.8) is 0 Å². The zero-order valence-electron chi connectivity index (χ0n) is 20.6. The van der Waals surface area contributed by atoms with Gasteiger partial charge in [-0.25, -0.2) is 0 Å². The van der Waals surface area contributed by atoms with Crippen LogP contribution in [0.1, 0.15) is 77.6 Å². The monoisotopic (exact) mass is 489 g/mol. The van der Waals surface area contributed by atoms with Crippen molar-refractivity contribution in [1.29, 1.82) is 0 Å². The molecule has 1 aliphatic heterocycles. The molecule has 2 aromatic carbocycles. The van der Waals surface area contributed by atoms with E-state index in [1.165, 1.54) is 5.56 Å². The predicted octanol–water partition coefficient (Wildman–Crippen LogP) is 7.11. The standard InChI is InChI=1S/C29H32ClN3O2/c1-19-16-26(30)8-9-27(19)28(18-29(32-35)25-10-13-31-20(2)17-25)24-6-4-22(5-7-24)23-11-14-33(15-12-23)21(3)34/h4-10,13,16-17,23,28-29H,11-12,14-15,18H2,1-3H3/t28-,29?/m1/s1. The van der Waals surface area contributed by atoms with Crippen LogP contribution in [0.2, 0.25) is 5.02 Å². The van der Waals surface area contributed by atoms with E-state index in [9.17, 15) is 9.70 Å². The molecule has 0 aliphatic carbocycles. The van der Waals surface area contributed by atoms with Crippen LogP contribution in [0.5, 0.6) is 0 Å². The lowest BCUT2D eigenvalue weighted by atomic mass is 9.81. The number of benzene rings is 2. The number of nitroso groups, excluding NO2 is 1. The van der Waals surface area contributed by atoms with Crippen LogP contribution in [0, 0.1) is 18.8 Å². The Kier molecular flexibility index (Phi) is 7.97. The topological polar surface area (TPSA) is 62.6 Å². The molecule has 2 atom stereocenters. The number of halogens is 1. The van der Waals surface area contributed by atoms with Crippen molar-refractivity contribution in [2.45, 2.75) is 57.9 Å². The first-order chi connectivity index (χ1) is 16.9. The van der Waals surface area contributed by atoms with Crippen molar-refractivity contribution in [2.75, 3.05) is 13.1 Å².